The van der Waals surface area contributed by atoms with E-state index in [-0.39, 0.29) is 30.1 Å². The van der Waals surface area contributed by atoms with Gasteiger partial charge < -0.3 is 20.1 Å². The number of benzene rings is 1. The maximum absolute atomic E-state index is 12.2. The summed E-state index contributed by atoms with van der Waals surface area (Å²) in [5, 5.41) is 5.89. The third kappa shape index (κ3) is 5.44. The summed E-state index contributed by atoms with van der Waals surface area (Å²) in [4.78, 5) is 11.7. The molecule has 1 aliphatic heterocycles. The lowest BCUT2D eigenvalue weighted by atomic mass is 10.2. The topological polar surface area (TPSA) is 59.6 Å². The molecule has 0 aliphatic carbocycles. The lowest BCUT2D eigenvalue weighted by molar-refractivity contribution is -0.153. The van der Waals surface area contributed by atoms with E-state index in [1.54, 1.807) is 6.07 Å². The van der Waals surface area contributed by atoms with E-state index in [2.05, 4.69) is 15.4 Å². The number of hydrogen-bond acceptors (Lipinski definition) is 4. The maximum Gasteiger partial charge on any atom is 0.422 e. The molecule has 0 bridgehead atoms. The first-order valence-corrected chi connectivity index (χ1v) is 6.85. The second-order valence-corrected chi connectivity index (χ2v) is 4.90. The Bertz CT molecular complexity index is 502. The molecule has 1 unspecified atom stereocenters. The summed E-state index contributed by atoms with van der Waals surface area (Å²) in [6.45, 7) is -0.132. The predicted octanol–water partition coefficient (Wildman–Crippen LogP) is 1.48. The van der Waals surface area contributed by atoms with E-state index >= 15 is 0 Å². The number of carbonyl (C=O) groups is 1. The van der Waals surface area contributed by atoms with Gasteiger partial charge in [-0.2, -0.15) is 13.2 Å². The van der Waals surface area contributed by atoms with Gasteiger partial charge in [0.05, 0.1) is 0 Å². The SMILES string of the molecule is O=C(COc1ccccc1OCC(F)(F)F)NC1CCNC1. The molecule has 1 aliphatic rings. The lowest BCUT2D eigenvalue weighted by Gasteiger charge is -2.15. The van der Waals surface area contributed by atoms with Gasteiger partial charge in [-0.15, -0.1) is 0 Å². The molecule has 122 valence electrons. The van der Waals surface area contributed by atoms with E-state index < -0.39 is 12.8 Å². The molecular weight excluding hydrogens is 301 g/mol. The fraction of sp³-hybridized carbons (Fsp3) is 0.500. The van der Waals surface area contributed by atoms with Gasteiger partial charge >= 0.3 is 6.18 Å². The van der Waals surface area contributed by atoms with Crippen molar-refractivity contribution in [3.63, 3.8) is 0 Å². The van der Waals surface area contributed by atoms with Gasteiger partial charge in [0.25, 0.3) is 5.91 Å². The van der Waals surface area contributed by atoms with E-state index in [1.807, 2.05) is 0 Å². The van der Waals surface area contributed by atoms with Crippen LogP contribution in [0.2, 0.25) is 0 Å². The quantitative estimate of drug-likeness (QED) is 0.834. The zero-order valence-corrected chi connectivity index (χ0v) is 11.8. The van der Waals surface area contributed by atoms with Gasteiger partial charge in [0, 0.05) is 12.6 Å². The van der Waals surface area contributed by atoms with Gasteiger partial charge in [0.1, 0.15) is 0 Å². The Balaban J connectivity index is 1.85. The highest BCUT2D eigenvalue weighted by molar-refractivity contribution is 5.78. The standard InChI is InChI=1S/C14H17F3N2O3/c15-14(16,17)9-22-12-4-2-1-3-11(12)21-8-13(20)19-10-5-6-18-7-10/h1-4,10,18H,5-9H2,(H,19,20). The van der Waals surface area contributed by atoms with Crippen molar-refractivity contribution in [2.75, 3.05) is 26.3 Å². The average Bonchev–Trinajstić information content (AvgIpc) is 2.96. The monoisotopic (exact) mass is 318 g/mol. The van der Waals surface area contributed by atoms with Crippen LogP contribution in [0.1, 0.15) is 6.42 Å². The number of carbonyl (C=O) groups excluding carboxylic acids is 1. The summed E-state index contributed by atoms with van der Waals surface area (Å²) in [6, 6.07) is 6.00. The van der Waals surface area contributed by atoms with Crippen LogP contribution in [0.4, 0.5) is 13.2 Å². The van der Waals surface area contributed by atoms with Crippen molar-refractivity contribution in [2.24, 2.45) is 0 Å². The highest BCUT2D eigenvalue weighted by atomic mass is 19.4. The fourth-order valence-electron chi connectivity index (χ4n) is 2.04. The Morgan fingerprint density at radius 1 is 1.27 bits per heavy atom. The zero-order chi connectivity index (χ0) is 16.0. The van der Waals surface area contributed by atoms with Crippen molar-refractivity contribution in [1.29, 1.82) is 0 Å². The highest BCUT2D eigenvalue weighted by Crippen LogP contribution is 2.28. The number of para-hydroxylation sites is 2. The smallest absolute Gasteiger partial charge is 0.422 e. The summed E-state index contributed by atoms with van der Waals surface area (Å²) in [6.07, 6.45) is -3.59. The van der Waals surface area contributed by atoms with Gasteiger partial charge in [-0.1, -0.05) is 12.1 Å². The molecule has 1 saturated heterocycles. The molecule has 1 atom stereocenters. The normalized spacial score (nSPS) is 18.0. The van der Waals surface area contributed by atoms with Crippen LogP contribution in [0, 0.1) is 0 Å². The van der Waals surface area contributed by atoms with Crippen molar-refractivity contribution in [1.82, 2.24) is 10.6 Å². The van der Waals surface area contributed by atoms with Gasteiger partial charge in [-0.05, 0) is 25.1 Å². The van der Waals surface area contributed by atoms with E-state index in [0.717, 1.165) is 13.0 Å². The first-order valence-electron chi connectivity index (χ1n) is 6.85. The predicted molar refractivity (Wildman–Crippen MR) is 72.9 cm³/mol. The molecule has 1 aromatic carbocycles. The molecule has 22 heavy (non-hydrogen) atoms. The Kier molecular flexibility index (Phi) is 5.48. The summed E-state index contributed by atoms with van der Waals surface area (Å²) in [7, 11) is 0. The molecule has 2 rings (SSSR count). The molecule has 1 heterocycles. The largest absolute Gasteiger partial charge is 0.480 e. The molecule has 5 nitrogen and oxygen atoms in total. The molecule has 0 spiro atoms. The van der Waals surface area contributed by atoms with Crippen molar-refractivity contribution < 1.29 is 27.4 Å². The van der Waals surface area contributed by atoms with Crippen LogP contribution >= 0.6 is 0 Å². The van der Waals surface area contributed by atoms with Crippen LogP contribution in [-0.2, 0) is 4.79 Å². The first kappa shape index (κ1) is 16.4. The maximum atomic E-state index is 12.2. The fourth-order valence-corrected chi connectivity index (χ4v) is 2.04. The average molecular weight is 318 g/mol. The Labute approximate surface area is 125 Å². The number of halogens is 3. The summed E-state index contributed by atoms with van der Waals surface area (Å²) in [5.41, 5.74) is 0. The third-order valence-electron chi connectivity index (χ3n) is 3.02. The number of nitrogens with one attached hydrogen (secondary N) is 2. The number of amides is 1. The second kappa shape index (κ2) is 7.35. The van der Waals surface area contributed by atoms with Gasteiger partial charge in [-0.25, -0.2) is 0 Å². The third-order valence-corrected chi connectivity index (χ3v) is 3.02. The number of ether oxygens (including phenoxy) is 2. The van der Waals surface area contributed by atoms with E-state index in [0.29, 0.717) is 6.54 Å². The molecule has 0 radical (unpaired) electrons. The van der Waals surface area contributed by atoms with Crippen LogP contribution in [0.3, 0.4) is 0 Å². The van der Waals surface area contributed by atoms with Crippen LogP contribution in [-0.4, -0.2) is 44.4 Å². The Morgan fingerprint density at radius 2 is 1.95 bits per heavy atom. The number of alkyl halides is 3. The Hall–Kier alpha value is -1.96. The Morgan fingerprint density at radius 3 is 2.55 bits per heavy atom. The van der Waals surface area contributed by atoms with Gasteiger partial charge in [0.2, 0.25) is 0 Å². The molecule has 1 fully saturated rings. The van der Waals surface area contributed by atoms with Crippen LogP contribution < -0.4 is 20.1 Å². The van der Waals surface area contributed by atoms with Gasteiger partial charge in [0.15, 0.2) is 24.7 Å². The van der Waals surface area contributed by atoms with Crippen LogP contribution in [0.5, 0.6) is 11.5 Å². The molecule has 1 aromatic rings. The minimum absolute atomic E-state index is 0.0461. The highest BCUT2D eigenvalue weighted by Gasteiger charge is 2.29. The second-order valence-electron chi connectivity index (χ2n) is 4.90. The molecule has 0 aromatic heterocycles. The minimum Gasteiger partial charge on any atom is -0.480 e. The first-order chi connectivity index (χ1) is 10.4. The van der Waals surface area contributed by atoms with Crippen LogP contribution in [0.15, 0.2) is 24.3 Å². The lowest BCUT2D eigenvalue weighted by Crippen LogP contribution is -2.39. The minimum atomic E-state index is -4.43. The zero-order valence-electron chi connectivity index (χ0n) is 11.8. The van der Waals surface area contributed by atoms with E-state index in [1.165, 1.54) is 18.2 Å². The summed E-state index contributed by atoms with van der Waals surface area (Å²) in [5.74, 6) is -0.263. The summed E-state index contributed by atoms with van der Waals surface area (Å²) >= 11 is 0. The molecule has 1 amide bonds. The summed E-state index contributed by atoms with van der Waals surface area (Å²) < 4.78 is 46.5. The molecule has 0 saturated carbocycles. The van der Waals surface area contributed by atoms with Crippen molar-refractivity contribution in [3.05, 3.63) is 24.3 Å². The van der Waals surface area contributed by atoms with Crippen molar-refractivity contribution in [3.8, 4) is 11.5 Å². The van der Waals surface area contributed by atoms with E-state index in [9.17, 15) is 18.0 Å². The molecule has 8 heteroatoms. The van der Waals surface area contributed by atoms with Crippen molar-refractivity contribution in [2.45, 2.75) is 18.6 Å². The molecule has 2 N–H and O–H groups in total. The van der Waals surface area contributed by atoms with Crippen LogP contribution in [0.25, 0.3) is 0 Å². The number of hydrogen-bond donors (Lipinski definition) is 2. The van der Waals surface area contributed by atoms with Crippen molar-refractivity contribution >= 4 is 5.91 Å². The molecular formula is C14H17F3N2O3. The van der Waals surface area contributed by atoms with E-state index in [4.69, 9.17) is 4.74 Å². The number of rotatable bonds is 6. The van der Waals surface area contributed by atoms with Gasteiger partial charge in [-0.3, -0.25) is 4.79 Å².